The van der Waals surface area contributed by atoms with Gasteiger partial charge in [-0.1, -0.05) is 41.2 Å². The highest BCUT2D eigenvalue weighted by molar-refractivity contribution is 7.78. The Labute approximate surface area is 240 Å². The summed E-state index contributed by atoms with van der Waals surface area (Å²) in [4.78, 5) is 0. The van der Waals surface area contributed by atoms with Crippen LogP contribution in [0, 0.1) is 56.7 Å². The molecule has 5 rings (SSSR count). The molecular formula is C31H53BrN2O2S. The molecule has 5 fully saturated rings. The van der Waals surface area contributed by atoms with Crippen LogP contribution in [0.4, 0.5) is 0 Å². The largest absolute Gasteiger partial charge is 1.00 e. The van der Waals surface area contributed by atoms with E-state index < -0.39 is 0 Å². The van der Waals surface area contributed by atoms with Gasteiger partial charge >= 0.3 is 5.11 Å². The number of hydrogen-bond donors (Lipinski definition) is 4. The molecule has 0 aliphatic heterocycles. The second-order valence-corrected chi connectivity index (χ2v) is 16.1. The van der Waals surface area contributed by atoms with Crippen LogP contribution in [0.5, 0.6) is 0 Å². The SMILES string of the molecule is C=C(C[S+]=C(N)N)[C@@H]1CC[C@]2(CO)CC[C@]3(C)[C@H](CCC4[C@@]5(C)CCC(O)C(C)(C)[C@@H]5CC[C@]43C)[C@@H]12.[Br-]. The van der Waals surface area contributed by atoms with Crippen LogP contribution in [-0.2, 0) is 11.4 Å². The molecule has 37 heavy (non-hydrogen) atoms. The van der Waals surface area contributed by atoms with E-state index in [0.717, 1.165) is 31.4 Å². The molecule has 5 saturated carbocycles. The molecule has 0 bridgehead atoms. The van der Waals surface area contributed by atoms with Crippen LogP contribution in [0.25, 0.3) is 0 Å². The molecule has 0 spiro atoms. The molecule has 6 N–H and O–H groups in total. The van der Waals surface area contributed by atoms with Crippen LogP contribution in [0.3, 0.4) is 0 Å². The first-order valence-electron chi connectivity index (χ1n) is 14.7. The second kappa shape index (κ2) is 9.91. The van der Waals surface area contributed by atoms with Gasteiger partial charge < -0.3 is 27.2 Å². The number of aliphatic hydroxyl groups is 2. The predicted octanol–water partition coefficient (Wildman–Crippen LogP) is 2.07. The number of hydrogen-bond acceptors (Lipinski definition) is 2. The molecule has 0 amide bonds. The first kappa shape index (κ1) is 30.1. The zero-order valence-corrected chi connectivity index (χ0v) is 26.4. The van der Waals surface area contributed by atoms with Gasteiger partial charge in [0.25, 0.3) is 0 Å². The van der Waals surface area contributed by atoms with Crippen LogP contribution in [-0.4, -0.2) is 33.8 Å². The zero-order chi connectivity index (χ0) is 26.3. The lowest BCUT2D eigenvalue weighted by Crippen LogP contribution is -3.00. The number of halogens is 1. The smallest absolute Gasteiger partial charge is 0.315 e. The quantitative estimate of drug-likeness (QED) is 0.227. The van der Waals surface area contributed by atoms with Crippen molar-refractivity contribution in [1.82, 2.24) is 0 Å². The highest BCUT2D eigenvalue weighted by Gasteiger charge is 2.70. The molecular weight excluding hydrogens is 544 g/mol. The maximum atomic E-state index is 11.0. The van der Waals surface area contributed by atoms with Crippen molar-refractivity contribution in [3.63, 3.8) is 0 Å². The Kier molecular flexibility index (Phi) is 8.06. The van der Waals surface area contributed by atoms with Crippen molar-refractivity contribution in [1.29, 1.82) is 0 Å². The fourth-order valence-corrected chi connectivity index (χ4v) is 12.3. The molecule has 0 heterocycles. The molecule has 0 aromatic carbocycles. The first-order chi connectivity index (χ1) is 16.8. The van der Waals surface area contributed by atoms with Crippen molar-refractivity contribution in [2.45, 2.75) is 105 Å². The Hall–Kier alpha value is 0.150. The third-order valence-electron chi connectivity index (χ3n) is 13.8. The molecule has 10 atom stereocenters. The second-order valence-electron chi connectivity index (χ2n) is 15.1. The monoisotopic (exact) mass is 596 g/mol. The van der Waals surface area contributed by atoms with Crippen molar-refractivity contribution < 1.29 is 27.2 Å². The van der Waals surface area contributed by atoms with Crippen LogP contribution < -0.4 is 28.4 Å². The topological polar surface area (TPSA) is 92.5 Å². The average molecular weight is 598 g/mol. The highest BCUT2D eigenvalue weighted by atomic mass is 79.9. The van der Waals surface area contributed by atoms with Gasteiger partial charge in [0, 0.05) is 6.61 Å². The summed E-state index contributed by atoms with van der Waals surface area (Å²) in [7, 11) is 0. The Morgan fingerprint density at radius 3 is 2.22 bits per heavy atom. The van der Waals surface area contributed by atoms with Crippen molar-refractivity contribution in [2.75, 3.05) is 12.4 Å². The fourth-order valence-electron chi connectivity index (χ4n) is 11.7. The van der Waals surface area contributed by atoms with Crippen LogP contribution in [0.15, 0.2) is 12.2 Å². The number of nitrogens with two attached hydrogens (primary N) is 2. The lowest BCUT2D eigenvalue weighted by molar-refractivity contribution is -0.249. The summed E-state index contributed by atoms with van der Waals surface area (Å²) in [5.41, 5.74) is 13.8. The van der Waals surface area contributed by atoms with Gasteiger partial charge in [-0.05, 0) is 126 Å². The molecule has 0 aromatic rings. The number of rotatable bonds is 4. The van der Waals surface area contributed by atoms with E-state index in [1.54, 1.807) is 0 Å². The summed E-state index contributed by atoms with van der Waals surface area (Å²) in [6, 6.07) is 0. The Bertz CT molecular complexity index is 936. The van der Waals surface area contributed by atoms with E-state index >= 15 is 0 Å². The first-order valence-corrected chi connectivity index (χ1v) is 15.7. The van der Waals surface area contributed by atoms with Crippen LogP contribution in [0.1, 0.15) is 98.8 Å². The van der Waals surface area contributed by atoms with Gasteiger partial charge in [0.2, 0.25) is 11.4 Å². The van der Waals surface area contributed by atoms with Gasteiger partial charge in [-0.3, -0.25) is 0 Å². The summed E-state index contributed by atoms with van der Waals surface area (Å²) < 4.78 is 0. The van der Waals surface area contributed by atoms with E-state index in [2.05, 4.69) is 41.2 Å². The van der Waals surface area contributed by atoms with Gasteiger partial charge in [-0.2, -0.15) is 0 Å². The van der Waals surface area contributed by atoms with E-state index in [1.165, 1.54) is 55.4 Å². The Morgan fingerprint density at radius 2 is 1.57 bits per heavy atom. The number of aliphatic hydroxyl groups excluding tert-OH is 2. The van der Waals surface area contributed by atoms with Gasteiger partial charge in [-0.25, -0.2) is 11.5 Å². The van der Waals surface area contributed by atoms with Gasteiger partial charge in [0.1, 0.15) is 0 Å². The molecule has 5 aliphatic rings. The summed E-state index contributed by atoms with van der Waals surface area (Å²) in [5.74, 6) is 3.72. The molecule has 212 valence electrons. The highest BCUT2D eigenvalue weighted by Crippen LogP contribution is 2.77. The predicted molar refractivity (Wildman–Crippen MR) is 152 cm³/mol. The summed E-state index contributed by atoms with van der Waals surface area (Å²) in [6.45, 7) is 17.5. The lowest BCUT2D eigenvalue weighted by Gasteiger charge is -2.73. The van der Waals surface area contributed by atoms with Crippen molar-refractivity contribution in [2.24, 2.45) is 68.1 Å². The maximum Gasteiger partial charge on any atom is 0.315 e. The summed E-state index contributed by atoms with van der Waals surface area (Å²) >= 11 is 1.52. The van der Waals surface area contributed by atoms with E-state index in [9.17, 15) is 10.2 Å². The maximum absolute atomic E-state index is 11.0. The fraction of sp³-hybridized carbons (Fsp3) is 0.903. The van der Waals surface area contributed by atoms with Gasteiger partial charge in [0.15, 0.2) is 5.75 Å². The summed E-state index contributed by atoms with van der Waals surface area (Å²) in [5, 5.41) is 22.2. The lowest BCUT2D eigenvalue weighted by atomic mass is 9.32. The zero-order valence-electron chi connectivity index (χ0n) is 24.0. The van der Waals surface area contributed by atoms with E-state index in [1.807, 2.05) is 0 Å². The third-order valence-corrected chi connectivity index (χ3v) is 14.7. The van der Waals surface area contributed by atoms with Crippen molar-refractivity contribution in [3.05, 3.63) is 12.2 Å². The van der Waals surface area contributed by atoms with Crippen LogP contribution >= 0.6 is 0 Å². The Morgan fingerprint density at radius 1 is 0.865 bits per heavy atom. The average Bonchev–Trinajstić information content (AvgIpc) is 3.21. The molecule has 4 nitrogen and oxygen atoms in total. The minimum atomic E-state index is -0.172. The third kappa shape index (κ3) is 4.12. The van der Waals surface area contributed by atoms with Crippen molar-refractivity contribution >= 4 is 16.5 Å². The van der Waals surface area contributed by atoms with Gasteiger partial charge in [0.05, 0.1) is 6.10 Å². The molecule has 6 heteroatoms. The molecule has 0 aromatic heterocycles. The summed E-state index contributed by atoms with van der Waals surface area (Å²) in [6.07, 6.45) is 11.7. The van der Waals surface area contributed by atoms with Crippen molar-refractivity contribution in [3.8, 4) is 0 Å². The van der Waals surface area contributed by atoms with E-state index in [4.69, 9.17) is 11.5 Å². The van der Waals surface area contributed by atoms with Gasteiger partial charge in [-0.15, -0.1) is 0 Å². The number of fused-ring (bicyclic) bond motifs is 7. The normalized spacial score (nSPS) is 50.0. The molecule has 0 radical (unpaired) electrons. The molecule has 5 aliphatic carbocycles. The molecule has 0 saturated heterocycles. The minimum Gasteiger partial charge on any atom is -1.00 e. The standard InChI is InChI=1S/C31H53N2O2S.BrH/c1-19(17-36-26(32)33)20-9-14-31(18-34)16-15-29(5)21(25(20)31)7-8-23-28(4)12-11-24(35)27(2,3)22(28)10-13-30(23,29)6;/h20-25,34-35H,1,7-18,32-33H2,2-6H3;1H/q+1;/p-1/t20-,21+,22-,23?,24?,25+,28-,29+,30+,31+;/m0./s1. The van der Waals surface area contributed by atoms with E-state index in [-0.39, 0.29) is 39.3 Å². The Balaban J connectivity index is 0.00000320. The van der Waals surface area contributed by atoms with Crippen LogP contribution in [0.2, 0.25) is 0 Å². The molecule has 2 unspecified atom stereocenters. The minimum absolute atomic E-state index is 0. The van der Waals surface area contributed by atoms with E-state index in [0.29, 0.717) is 52.1 Å².